The molecule has 0 spiro atoms. The van der Waals surface area contributed by atoms with Crippen LogP contribution in [0.2, 0.25) is 0 Å². The van der Waals surface area contributed by atoms with Crippen LogP contribution in [0.25, 0.3) is 0 Å². The van der Waals surface area contributed by atoms with Crippen molar-refractivity contribution in [2.75, 3.05) is 5.32 Å². The molecule has 0 radical (unpaired) electrons. The molecule has 0 saturated carbocycles. The van der Waals surface area contributed by atoms with E-state index in [1.54, 1.807) is 12.1 Å². The van der Waals surface area contributed by atoms with Gasteiger partial charge in [-0.2, -0.15) is 0 Å². The first-order valence-electron chi connectivity index (χ1n) is 6.77. The molecule has 0 aromatic heterocycles. The van der Waals surface area contributed by atoms with Gasteiger partial charge < -0.3 is 10.4 Å². The largest absolute Gasteiger partial charge is 0.508 e. The van der Waals surface area contributed by atoms with Crippen LogP contribution in [0.15, 0.2) is 34.8 Å². The van der Waals surface area contributed by atoms with Crippen LogP contribution in [0.3, 0.4) is 0 Å². The van der Waals surface area contributed by atoms with Crippen molar-refractivity contribution in [2.24, 2.45) is 0 Å². The zero-order chi connectivity index (χ0) is 15.0. The van der Waals surface area contributed by atoms with Gasteiger partial charge in [0, 0.05) is 10.5 Å². The molecule has 0 heterocycles. The summed E-state index contributed by atoms with van der Waals surface area (Å²) in [6, 6.07) is 7.30. The third kappa shape index (κ3) is 2.88. The van der Waals surface area contributed by atoms with Crippen molar-refractivity contribution in [1.29, 1.82) is 0 Å². The number of aromatic hydroxyl groups is 1. The summed E-state index contributed by atoms with van der Waals surface area (Å²) >= 11 is 3.19. The molecule has 5 heteroatoms. The van der Waals surface area contributed by atoms with Gasteiger partial charge in [-0.1, -0.05) is 6.07 Å². The molecule has 1 aliphatic carbocycles. The lowest BCUT2D eigenvalue weighted by Crippen LogP contribution is -2.18. The number of fused-ring (bicyclic) bond motifs is 1. The Balaban J connectivity index is 1.94. The third-order valence-corrected chi connectivity index (χ3v) is 4.39. The Labute approximate surface area is 129 Å². The predicted octanol–water partition coefficient (Wildman–Crippen LogP) is 4.92. The van der Waals surface area contributed by atoms with Crippen molar-refractivity contribution in [2.45, 2.75) is 25.3 Å². The number of rotatable bonds is 2. The number of benzene rings is 2. The maximum atomic E-state index is 13.9. The van der Waals surface area contributed by atoms with Crippen molar-refractivity contribution >= 4 is 21.6 Å². The molecule has 21 heavy (non-hydrogen) atoms. The van der Waals surface area contributed by atoms with E-state index < -0.39 is 11.6 Å². The minimum Gasteiger partial charge on any atom is -0.508 e. The number of hydrogen-bond acceptors (Lipinski definition) is 2. The van der Waals surface area contributed by atoms with E-state index in [1.165, 1.54) is 6.07 Å². The number of anilines is 1. The summed E-state index contributed by atoms with van der Waals surface area (Å²) in [7, 11) is 0. The van der Waals surface area contributed by atoms with Gasteiger partial charge >= 0.3 is 0 Å². The Bertz CT molecular complexity index is 667. The molecule has 0 bridgehead atoms. The lowest BCUT2D eigenvalue weighted by atomic mass is 9.87. The summed E-state index contributed by atoms with van der Waals surface area (Å²) in [6.07, 6.45) is 2.71. The molecule has 0 saturated heterocycles. The van der Waals surface area contributed by atoms with Gasteiger partial charge in [-0.3, -0.25) is 0 Å². The average Bonchev–Trinajstić information content (AvgIpc) is 2.42. The van der Waals surface area contributed by atoms with E-state index in [4.69, 9.17) is 0 Å². The molecule has 1 aliphatic rings. The third-order valence-electron chi connectivity index (χ3n) is 3.77. The lowest BCUT2D eigenvalue weighted by molar-refractivity contribution is 0.472. The predicted molar refractivity (Wildman–Crippen MR) is 81.5 cm³/mol. The molecule has 110 valence electrons. The molecule has 0 aliphatic heterocycles. The first kappa shape index (κ1) is 14.3. The maximum Gasteiger partial charge on any atom is 0.150 e. The minimum atomic E-state index is -0.618. The zero-order valence-corrected chi connectivity index (χ0v) is 12.8. The maximum absolute atomic E-state index is 13.9. The zero-order valence-electron chi connectivity index (χ0n) is 11.2. The Morgan fingerprint density at radius 3 is 2.76 bits per heavy atom. The SMILES string of the molecule is Oc1ccc2c(c1)CCCC2Nc1c(F)cc(F)cc1Br. The number of phenols is 1. The molecular weight excluding hydrogens is 340 g/mol. The summed E-state index contributed by atoms with van der Waals surface area (Å²) in [5, 5.41) is 12.7. The monoisotopic (exact) mass is 353 g/mol. The van der Waals surface area contributed by atoms with Gasteiger partial charge in [0.15, 0.2) is 0 Å². The topological polar surface area (TPSA) is 32.3 Å². The van der Waals surface area contributed by atoms with Gasteiger partial charge in [0.25, 0.3) is 0 Å². The Morgan fingerprint density at radius 1 is 1.19 bits per heavy atom. The van der Waals surface area contributed by atoms with Crippen LogP contribution < -0.4 is 5.32 Å². The van der Waals surface area contributed by atoms with Crippen molar-refractivity contribution in [1.82, 2.24) is 0 Å². The Kier molecular flexibility index (Phi) is 3.85. The molecule has 1 atom stereocenters. The van der Waals surface area contributed by atoms with Crippen molar-refractivity contribution < 1.29 is 13.9 Å². The van der Waals surface area contributed by atoms with Crippen LogP contribution in [-0.4, -0.2) is 5.11 Å². The van der Waals surface area contributed by atoms with Gasteiger partial charge in [-0.05, 0) is 64.5 Å². The fraction of sp³-hybridized carbons (Fsp3) is 0.250. The average molecular weight is 354 g/mol. The minimum absolute atomic E-state index is 0.0504. The van der Waals surface area contributed by atoms with E-state index in [0.717, 1.165) is 36.5 Å². The molecule has 1 unspecified atom stereocenters. The summed E-state index contributed by atoms with van der Waals surface area (Å²) in [6.45, 7) is 0. The summed E-state index contributed by atoms with van der Waals surface area (Å²) < 4.78 is 27.4. The highest BCUT2D eigenvalue weighted by molar-refractivity contribution is 9.10. The summed E-state index contributed by atoms with van der Waals surface area (Å²) in [5.41, 5.74) is 2.38. The highest BCUT2D eigenvalue weighted by Gasteiger charge is 2.22. The first-order chi connectivity index (χ1) is 10.0. The second kappa shape index (κ2) is 5.64. The second-order valence-electron chi connectivity index (χ2n) is 5.22. The summed E-state index contributed by atoms with van der Waals surface area (Å²) in [5.74, 6) is -0.991. The van der Waals surface area contributed by atoms with Crippen LogP contribution in [0, 0.1) is 11.6 Å². The highest BCUT2D eigenvalue weighted by atomic mass is 79.9. The molecule has 3 rings (SSSR count). The smallest absolute Gasteiger partial charge is 0.150 e. The lowest BCUT2D eigenvalue weighted by Gasteiger charge is -2.28. The van der Waals surface area contributed by atoms with Crippen LogP contribution in [-0.2, 0) is 6.42 Å². The fourth-order valence-corrected chi connectivity index (χ4v) is 3.33. The van der Waals surface area contributed by atoms with E-state index >= 15 is 0 Å². The molecule has 2 aromatic rings. The number of hydrogen-bond donors (Lipinski definition) is 2. The molecule has 2 N–H and O–H groups in total. The van der Waals surface area contributed by atoms with Gasteiger partial charge in [0.2, 0.25) is 0 Å². The van der Waals surface area contributed by atoms with E-state index in [9.17, 15) is 13.9 Å². The number of aryl methyl sites for hydroxylation is 1. The van der Waals surface area contributed by atoms with Gasteiger partial charge in [0.1, 0.15) is 17.4 Å². The van der Waals surface area contributed by atoms with E-state index in [0.29, 0.717) is 4.47 Å². The van der Waals surface area contributed by atoms with Crippen LogP contribution >= 0.6 is 15.9 Å². The normalized spacial score (nSPS) is 17.4. The van der Waals surface area contributed by atoms with Crippen LogP contribution in [0.5, 0.6) is 5.75 Å². The first-order valence-corrected chi connectivity index (χ1v) is 7.57. The quantitative estimate of drug-likeness (QED) is 0.802. The van der Waals surface area contributed by atoms with Crippen molar-refractivity contribution in [3.8, 4) is 5.75 Å². The van der Waals surface area contributed by atoms with Gasteiger partial charge in [-0.25, -0.2) is 8.78 Å². The van der Waals surface area contributed by atoms with Crippen LogP contribution in [0.4, 0.5) is 14.5 Å². The number of nitrogens with one attached hydrogen (secondary N) is 1. The molecule has 2 aromatic carbocycles. The number of phenolic OH excluding ortho intramolecular Hbond substituents is 1. The van der Waals surface area contributed by atoms with Gasteiger partial charge in [-0.15, -0.1) is 0 Å². The standard InChI is InChI=1S/C16H14BrF2NO/c17-13-7-10(18)8-14(19)16(13)20-15-3-1-2-9-6-11(21)4-5-12(9)15/h4-8,15,20-21H,1-3H2. The highest BCUT2D eigenvalue weighted by Crippen LogP contribution is 2.37. The fourth-order valence-electron chi connectivity index (χ4n) is 2.80. The van der Waals surface area contributed by atoms with Crippen LogP contribution in [0.1, 0.15) is 30.0 Å². The Morgan fingerprint density at radius 2 is 2.00 bits per heavy atom. The van der Waals surface area contributed by atoms with Crippen molar-refractivity contribution in [3.05, 3.63) is 57.6 Å². The van der Waals surface area contributed by atoms with Crippen molar-refractivity contribution in [3.63, 3.8) is 0 Å². The summed E-state index contributed by atoms with van der Waals surface area (Å²) in [4.78, 5) is 0. The van der Waals surface area contributed by atoms with Gasteiger partial charge in [0.05, 0.1) is 11.7 Å². The molecule has 0 fully saturated rings. The van der Waals surface area contributed by atoms with E-state index in [2.05, 4.69) is 21.2 Å². The van der Waals surface area contributed by atoms with E-state index in [-0.39, 0.29) is 17.5 Å². The molecule has 2 nitrogen and oxygen atoms in total. The van der Waals surface area contributed by atoms with E-state index in [1.807, 2.05) is 6.07 Å². The number of halogens is 3. The molecular formula is C16H14BrF2NO. The second-order valence-corrected chi connectivity index (χ2v) is 6.07. The molecule has 0 amide bonds. The Hall–Kier alpha value is -1.62.